The van der Waals surface area contributed by atoms with Crippen molar-refractivity contribution in [1.29, 1.82) is 0 Å². The van der Waals surface area contributed by atoms with Crippen LogP contribution in [-0.4, -0.2) is 9.97 Å². The molecule has 3 nitrogen and oxygen atoms in total. The van der Waals surface area contributed by atoms with Crippen LogP contribution in [0.15, 0.2) is 24.5 Å². The van der Waals surface area contributed by atoms with Gasteiger partial charge in [0, 0.05) is 29.5 Å². The second-order valence-electron chi connectivity index (χ2n) is 4.22. The van der Waals surface area contributed by atoms with Crippen molar-refractivity contribution in [2.24, 2.45) is 0 Å². The highest BCUT2D eigenvalue weighted by Gasteiger charge is 2.08. The minimum absolute atomic E-state index is 0.287. The summed E-state index contributed by atoms with van der Waals surface area (Å²) < 4.78 is 0. The van der Waals surface area contributed by atoms with Crippen molar-refractivity contribution in [3.05, 3.63) is 45.7 Å². The molecule has 0 aliphatic heterocycles. The standard InChI is InChI=1S/C13H17N3S/c1-9-4-5-12(7-14-9)8-15-11(3)13-16-6-10(2)17-13/h4-7,11,15H,8H2,1-3H3. The minimum atomic E-state index is 0.287. The average Bonchev–Trinajstić information content (AvgIpc) is 2.75. The number of hydrogen-bond acceptors (Lipinski definition) is 4. The van der Waals surface area contributed by atoms with Crippen molar-refractivity contribution in [3.8, 4) is 0 Å². The zero-order valence-electron chi connectivity index (χ0n) is 10.4. The molecular formula is C13H17N3S. The molecule has 0 fully saturated rings. The van der Waals surface area contributed by atoms with E-state index >= 15 is 0 Å². The largest absolute Gasteiger partial charge is 0.304 e. The van der Waals surface area contributed by atoms with Gasteiger partial charge in [0.25, 0.3) is 0 Å². The van der Waals surface area contributed by atoms with E-state index in [-0.39, 0.29) is 6.04 Å². The predicted octanol–water partition coefficient (Wildman–Crippen LogP) is 3.01. The number of nitrogens with one attached hydrogen (secondary N) is 1. The smallest absolute Gasteiger partial charge is 0.109 e. The van der Waals surface area contributed by atoms with Crippen molar-refractivity contribution in [2.45, 2.75) is 33.4 Å². The van der Waals surface area contributed by atoms with Crippen molar-refractivity contribution in [2.75, 3.05) is 0 Å². The Morgan fingerprint density at radius 3 is 2.65 bits per heavy atom. The van der Waals surface area contributed by atoms with Gasteiger partial charge in [0.1, 0.15) is 5.01 Å². The van der Waals surface area contributed by atoms with E-state index in [0.29, 0.717) is 0 Å². The molecule has 0 spiro atoms. The van der Waals surface area contributed by atoms with Gasteiger partial charge in [0.2, 0.25) is 0 Å². The molecule has 0 radical (unpaired) electrons. The van der Waals surface area contributed by atoms with Crippen LogP contribution >= 0.6 is 11.3 Å². The maximum Gasteiger partial charge on any atom is 0.109 e. The normalized spacial score (nSPS) is 12.6. The lowest BCUT2D eigenvalue weighted by Gasteiger charge is -2.10. The highest BCUT2D eigenvalue weighted by Crippen LogP contribution is 2.19. The van der Waals surface area contributed by atoms with Crippen molar-refractivity contribution in [3.63, 3.8) is 0 Å². The van der Waals surface area contributed by atoms with E-state index in [9.17, 15) is 0 Å². The van der Waals surface area contributed by atoms with Crippen LogP contribution in [0, 0.1) is 13.8 Å². The first-order chi connectivity index (χ1) is 8.15. The van der Waals surface area contributed by atoms with Crippen molar-refractivity contribution >= 4 is 11.3 Å². The van der Waals surface area contributed by atoms with Crippen LogP contribution in [0.4, 0.5) is 0 Å². The summed E-state index contributed by atoms with van der Waals surface area (Å²) in [4.78, 5) is 9.92. The molecule has 0 saturated heterocycles. The second kappa shape index (κ2) is 5.38. The zero-order valence-corrected chi connectivity index (χ0v) is 11.2. The minimum Gasteiger partial charge on any atom is -0.304 e. The van der Waals surface area contributed by atoms with E-state index in [1.165, 1.54) is 10.4 Å². The first kappa shape index (κ1) is 12.2. The maximum absolute atomic E-state index is 4.38. The highest BCUT2D eigenvalue weighted by molar-refractivity contribution is 7.11. The Bertz CT molecular complexity index is 476. The summed E-state index contributed by atoms with van der Waals surface area (Å²) in [5, 5.41) is 4.60. The zero-order chi connectivity index (χ0) is 12.3. The van der Waals surface area contributed by atoms with Gasteiger partial charge >= 0.3 is 0 Å². The number of aryl methyl sites for hydroxylation is 2. The van der Waals surface area contributed by atoms with Crippen LogP contribution < -0.4 is 5.32 Å². The molecule has 0 aliphatic rings. The van der Waals surface area contributed by atoms with Crippen molar-refractivity contribution < 1.29 is 0 Å². The second-order valence-corrected chi connectivity index (χ2v) is 5.49. The van der Waals surface area contributed by atoms with E-state index in [1.54, 1.807) is 11.3 Å². The lowest BCUT2D eigenvalue weighted by Crippen LogP contribution is -2.17. The summed E-state index contributed by atoms with van der Waals surface area (Å²) in [7, 11) is 0. The van der Waals surface area contributed by atoms with Gasteiger partial charge in [-0.1, -0.05) is 6.07 Å². The molecule has 0 aliphatic carbocycles. The number of nitrogens with zero attached hydrogens (tertiary/aromatic N) is 2. The van der Waals surface area contributed by atoms with Gasteiger partial charge in [-0.05, 0) is 32.4 Å². The molecule has 17 heavy (non-hydrogen) atoms. The first-order valence-corrected chi connectivity index (χ1v) is 6.54. The molecule has 2 aromatic rings. The molecule has 2 aromatic heterocycles. The fourth-order valence-electron chi connectivity index (χ4n) is 1.53. The SMILES string of the molecule is Cc1ccc(CNC(C)c2ncc(C)s2)cn1. The Balaban J connectivity index is 1.92. The van der Waals surface area contributed by atoms with Gasteiger partial charge in [-0.15, -0.1) is 11.3 Å². The molecule has 2 heterocycles. The quantitative estimate of drug-likeness (QED) is 0.902. The Morgan fingerprint density at radius 1 is 1.24 bits per heavy atom. The lowest BCUT2D eigenvalue weighted by molar-refractivity contribution is 0.571. The van der Waals surface area contributed by atoms with Gasteiger partial charge in [-0.25, -0.2) is 4.98 Å². The van der Waals surface area contributed by atoms with Crippen LogP contribution in [-0.2, 0) is 6.54 Å². The van der Waals surface area contributed by atoms with Gasteiger partial charge in [0.15, 0.2) is 0 Å². The molecule has 90 valence electrons. The number of aromatic nitrogens is 2. The Labute approximate surface area is 106 Å². The van der Waals surface area contributed by atoms with Gasteiger partial charge in [-0.2, -0.15) is 0 Å². The predicted molar refractivity (Wildman–Crippen MR) is 71.1 cm³/mol. The maximum atomic E-state index is 4.38. The third kappa shape index (κ3) is 3.35. The molecular weight excluding hydrogens is 230 g/mol. The summed E-state index contributed by atoms with van der Waals surface area (Å²) in [5.74, 6) is 0. The Kier molecular flexibility index (Phi) is 3.86. The molecule has 0 bridgehead atoms. The van der Waals surface area contributed by atoms with Crippen LogP contribution in [0.25, 0.3) is 0 Å². The number of pyridine rings is 1. The fourth-order valence-corrected chi connectivity index (χ4v) is 2.33. The third-order valence-corrected chi connectivity index (χ3v) is 3.69. The molecule has 0 aromatic carbocycles. The van der Waals surface area contributed by atoms with E-state index in [4.69, 9.17) is 0 Å². The summed E-state index contributed by atoms with van der Waals surface area (Å²) in [6, 6.07) is 4.43. The van der Waals surface area contributed by atoms with Crippen molar-refractivity contribution in [1.82, 2.24) is 15.3 Å². The Morgan fingerprint density at radius 2 is 2.06 bits per heavy atom. The van der Waals surface area contributed by atoms with Crippen LogP contribution in [0.5, 0.6) is 0 Å². The van der Waals surface area contributed by atoms with Gasteiger partial charge in [-0.3, -0.25) is 4.98 Å². The highest BCUT2D eigenvalue weighted by atomic mass is 32.1. The Hall–Kier alpha value is -1.26. The number of thiazole rings is 1. The van der Waals surface area contributed by atoms with E-state index in [1.807, 2.05) is 25.4 Å². The lowest BCUT2D eigenvalue weighted by atomic mass is 10.2. The fraction of sp³-hybridized carbons (Fsp3) is 0.385. The van der Waals surface area contributed by atoms with Gasteiger partial charge in [0.05, 0.1) is 6.04 Å². The number of rotatable bonds is 4. The summed E-state index contributed by atoms with van der Waals surface area (Å²) in [6.07, 6.45) is 3.84. The van der Waals surface area contributed by atoms with E-state index in [2.05, 4.69) is 35.2 Å². The molecule has 2 rings (SSSR count). The molecule has 0 saturated carbocycles. The molecule has 1 atom stereocenters. The summed E-state index contributed by atoms with van der Waals surface area (Å²) in [5.41, 5.74) is 2.26. The number of hydrogen-bond donors (Lipinski definition) is 1. The van der Waals surface area contributed by atoms with E-state index in [0.717, 1.165) is 17.2 Å². The van der Waals surface area contributed by atoms with E-state index < -0.39 is 0 Å². The molecule has 0 amide bonds. The van der Waals surface area contributed by atoms with Crippen LogP contribution in [0.2, 0.25) is 0 Å². The van der Waals surface area contributed by atoms with Gasteiger partial charge < -0.3 is 5.32 Å². The molecule has 1 N–H and O–H groups in total. The summed E-state index contributed by atoms with van der Waals surface area (Å²) >= 11 is 1.74. The van der Waals surface area contributed by atoms with Crippen LogP contribution in [0.1, 0.15) is 34.1 Å². The van der Waals surface area contributed by atoms with Crippen LogP contribution in [0.3, 0.4) is 0 Å². The topological polar surface area (TPSA) is 37.8 Å². The third-order valence-electron chi connectivity index (χ3n) is 2.59. The first-order valence-electron chi connectivity index (χ1n) is 5.72. The average molecular weight is 247 g/mol. The molecule has 1 unspecified atom stereocenters. The summed E-state index contributed by atoms with van der Waals surface area (Å²) in [6.45, 7) is 7.04. The monoisotopic (exact) mass is 247 g/mol. The molecule has 4 heteroatoms.